The van der Waals surface area contributed by atoms with Crippen LogP contribution in [0.2, 0.25) is 0 Å². The van der Waals surface area contributed by atoms with E-state index in [-0.39, 0.29) is 6.61 Å². The van der Waals surface area contributed by atoms with Gasteiger partial charge in [-0.15, -0.1) is 0 Å². The van der Waals surface area contributed by atoms with E-state index >= 15 is 0 Å². The van der Waals surface area contributed by atoms with Gasteiger partial charge >= 0.3 is 0 Å². The van der Waals surface area contributed by atoms with Crippen molar-refractivity contribution in [1.29, 1.82) is 0 Å². The van der Waals surface area contributed by atoms with Gasteiger partial charge in [0.2, 0.25) is 0 Å². The molecule has 0 bridgehead atoms. The maximum Gasteiger partial charge on any atom is 0.119 e. The minimum atomic E-state index is 0.0756. The lowest BCUT2D eigenvalue weighted by molar-refractivity contribution is 0.0971. The maximum absolute atomic E-state index is 8.55. The molecule has 0 fully saturated rings. The van der Waals surface area contributed by atoms with Crippen molar-refractivity contribution in [3.8, 4) is 5.75 Å². The maximum atomic E-state index is 8.55. The average Bonchev–Trinajstić information content (AvgIpc) is 2.34. The van der Waals surface area contributed by atoms with Crippen LogP contribution in [0.15, 0.2) is 24.3 Å². The van der Waals surface area contributed by atoms with Crippen molar-refractivity contribution < 1.29 is 14.6 Å². The monoisotopic (exact) mass is 225 g/mol. The van der Waals surface area contributed by atoms with Gasteiger partial charge in [0.25, 0.3) is 0 Å². The summed E-state index contributed by atoms with van der Waals surface area (Å²) in [5.41, 5.74) is 1.12. The molecule has 90 valence electrons. The van der Waals surface area contributed by atoms with Crippen LogP contribution in [-0.2, 0) is 4.74 Å². The molecule has 0 aliphatic rings. The number of hydrogen-bond donors (Lipinski definition) is 1. The fourth-order valence-corrected chi connectivity index (χ4v) is 1.33. The number of methoxy groups -OCH3 is 1. The van der Waals surface area contributed by atoms with Gasteiger partial charge in [-0.05, 0) is 24.3 Å². The van der Waals surface area contributed by atoms with Crippen molar-refractivity contribution in [2.24, 2.45) is 0 Å². The molecule has 0 amide bonds. The zero-order chi connectivity index (χ0) is 11.8. The zero-order valence-electron chi connectivity index (χ0n) is 9.85. The van der Waals surface area contributed by atoms with E-state index in [2.05, 4.69) is 4.90 Å². The number of benzene rings is 1. The van der Waals surface area contributed by atoms with Gasteiger partial charge in [0.15, 0.2) is 0 Å². The van der Waals surface area contributed by atoms with Crippen LogP contribution in [0.25, 0.3) is 0 Å². The Morgan fingerprint density at radius 2 is 1.88 bits per heavy atom. The molecular weight excluding hydrogens is 206 g/mol. The number of nitrogens with zero attached hydrogens (tertiary/aromatic N) is 1. The Labute approximate surface area is 96.4 Å². The van der Waals surface area contributed by atoms with Crippen LogP contribution in [-0.4, -0.2) is 45.6 Å². The second kappa shape index (κ2) is 7.09. The number of aliphatic hydroxyl groups excluding tert-OH is 1. The summed E-state index contributed by atoms with van der Waals surface area (Å²) in [4.78, 5) is 2.09. The highest BCUT2D eigenvalue weighted by Crippen LogP contribution is 2.17. The van der Waals surface area contributed by atoms with Gasteiger partial charge in [0, 0.05) is 19.3 Å². The first-order valence-corrected chi connectivity index (χ1v) is 5.31. The summed E-state index contributed by atoms with van der Waals surface area (Å²) in [5.74, 6) is 0.855. The largest absolute Gasteiger partial charge is 0.497 e. The fourth-order valence-electron chi connectivity index (χ4n) is 1.33. The molecule has 1 aromatic carbocycles. The van der Waals surface area contributed by atoms with E-state index in [0.717, 1.165) is 18.0 Å². The molecule has 0 saturated heterocycles. The molecular formula is C12H19NO3. The normalized spacial score (nSPS) is 10.2. The first kappa shape index (κ1) is 12.8. The standard InChI is InChI=1S/C12H19NO3/c1-13(7-9-16-10-8-14)11-3-5-12(15-2)6-4-11/h3-6,14H,7-10H2,1-2H3. The van der Waals surface area contributed by atoms with Gasteiger partial charge in [-0.1, -0.05) is 0 Å². The van der Waals surface area contributed by atoms with Gasteiger partial charge in [-0.25, -0.2) is 0 Å². The number of ether oxygens (including phenoxy) is 2. The Balaban J connectivity index is 2.37. The van der Waals surface area contributed by atoms with Crippen molar-refractivity contribution in [2.75, 3.05) is 45.4 Å². The summed E-state index contributed by atoms with van der Waals surface area (Å²) in [6.45, 7) is 1.89. The molecule has 0 heterocycles. The minimum absolute atomic E-state index is 0.0756. The lowest BCUT2D eigenvalue weighted by Crippen LogP contribution is -2.23. The molecule has 0 aliphatic heterocycles. The minimum Gasteiger partial charge on any atom is -0.497 e. The first-order chi connectivity index (χ1) is 7.77. The molecule has 4 heteroatoms. The second-order valence-electron chi connectivity index (χ2n) is 3.46. The lowest BCUT2D eigenvalue weighted by atomic mass is 10.3. The average molecular weight is 225 g/mol. The summed E-state index contributed by atoms with van der Waals surface area (Å²) >= 11 is 0. The van der Waals surface area contributed by atoms with Crippen LogP contribution in [0, 0.1) is 0 Å². The van der Waals surface area contributed by atoms with Crippen LogP contribution in [0.4, 0.5) is 5.69 Å². The molecule has 1 aromatic rings. The van der Waals surface area contributed by atoms with Crippen molar-refractivity contribution >= 4 is 5.69 Å². The van der Waals surface area contributed by atoms with Crippen molar-refractivity contribution in [1.82, 2.24) is 0 Å². The number of rotatable bonds is 7. The third-order valence-corrected chi connectivity index (χ3v) is 2.32. The van der Waals surface area contributed by atoms with Gasteiger partial charge in [-0.2, -0.15) is 0 Å². The van der Waals surface area contributed by atoms with E-state index in [1.165, 1.54) is 0 Å². The Hall–Kier alpha value is -1.26. The van der Waals surface area contributed by atoms with Gasteiger partial charge in [0.05, 0.1) is 26.9 Å². The molecule has 1 rings (SSSR count). The number of hydrogen-bond acceptors (Lipinski definition) is 4. The number of anilines is 1. The molecule has 16 heavy (non-hydrogen) atoms. The number of aliphatic hydroxyl groups is 1. The summed E-state index contributed by atoms with van der Waals surface area (Å²) in [6, 6.07) is 7.87. The molecule has 1 N–H and O–H groups in total. The summed E-state index contributed by atoms with van der Waals surface area (Å²) in [5, 5.41) is 8.55. The SMILES string of the molecule is COc1ccc(N(C)CCOCCO)cc1. The molecule has 4 nitrogen and oxygen atoms in total. The predicted molar refractivity (Wildman–Crippen MR) is 64.2 cm³/mol. The molecule has 0 aromatic heterocycles. The second-order valence-corrected chi connectivity index (χ2v) is 3.46. The summed E-state index contributed by atoms with van der Waals surface area (Å²) in [6.07, 6.45) is 0. The Morgan fingerprint density at radius 3 is 2.44 bits per heavy atom. The van der Waals surface area contributed by atoms with Crippen LogP contribution >= 0.6 is 0 Å². The lowest BCUT2D eigenvalue weighted by Gasteiger charge is -2.19. The Morgan fingerprint density at radius 1 is 1.19 bits per heavy atom. The molecule has 0 atom stereocenters. The van der Waals surface area contributed by atoms with Crippen LogP contribution in [0.5, 0.6) is 5.75 Å². The smallest absolute Gasteiger partial charge is 0.119 e. The molecule has 0 unspecified atom stereocenters. The van der Waals surface area contributed by atoms with Crippen LogP contribution in [0.3, 0.4) is 0 Å². The molecule has 0 radical (unpaired) electrons. The van der Waals surface area contributed by atoms with E-state index in [0.29, 0.717) is 13.2 Å². The third kappa shape index (κ3) is 4.08. The predicted octanol–water partition coefficient (Wildman–Crippen LogP) is 1.14. The number of likely N-dealkylation sites (N-methyl/N-ethyl adjacent to an activating group) is 1. The van der Waals surface area contributed by atoms with Gasteiger partial charge in [-0.3, -0.25) is 0 Å². The van der Waals surface area contributed by atoms with Crippen LogP contribution in [0.1, 0.15) is 0 Å². The van der Waals surface area contributed by atoms with E-state index < -0.39 is 0 Å². The third-order valence-electron chi connectivity index (χ3n) is 2.32. The van der Waals surface area contributed by atoms with E-state index in [1.54, 1.807) is 7.11 Å². The molecule has 0 spiro atoms. The Bertz CT molecular complexity index is 287. The highest BCUT2D eigenvalue weighted by Gasteiger charge is 2.00. The van der Waals surface area contributed by atoms with E-state index in [9.17, 15) is 0 Å². The highest BCUT2D eigenvalue weighted by atomic mass is 16.5. The first-order valence-electron chi connectivity index (χ1n) is 5.31. The van der Waals surface area contributed by atoms with Crippen molar-refractivity contribution in [3.63, 3.8) is 0 Å². The summed E-state index contributed by atoms with van der Waals surface area (Å²) in [7, 11) is 3.66. The van der Waals surface area contributed by atoms with E-state index in [4.69, 9.17) is 14.6 Å². The van der Waals surface area contributed by atoms with Crippen molar-refractivity contribution in [3.05, 3.63) is 24.3 Å². The van der Waals surface area contributed by atoms with Crippen LogP contribution < -0.4 is 9.64 Å². The topological polar surface area (TPSA) is 41.9 Å². The van der Waals surface area contributed by atoms with Gasteiger partial charge in [0.1, 0.15) is 5.75 Å². The van der Waals surface area contributed by atoms with E-state index in [1.807, 2.05) is 31.3 Å². The fraction of sp³-hybridized carbons (Fsp3) is 0.500. The molecule has 0 saturated carbocycles. The summed E-state index contributed by atoms with van der Waals surface area (Å²) < 4.78 is 10.3. The van der Waals surface area contributed by atoms with Crippen molar-refractivity contribution in [2.45, 2.75) is 0 Å². The Kier molecular flexibility index (Phi) is 5.67. The quantitative estimate of drug-likeness (QED) is 0.707. The van der Waals surface area contributed by atoms with Gasteiger partial charge < -0.3 is 19.5 Å². The zero-order valence-corrected chi connectivity index (χ0v) is 9.85. The molecule has 0 aliphatic carbocycles. The highest BCUT2D eigenvalue weighted by molar-refractivity contribution is 5.48.